The monoisotopic (exact) mass is 390 g/mol. The molecular weight excluding hydrogens is 364 g/mol. The van der Waals surface area contributed by atoms with Gasteiger partial charge in [0.15, 0.2) is 0 Å². The number of aliphatic imine (C=N–C) groups is 1. The molecule has 2 heterocycles. The topological polar surface area (TPSA) is 26.5 Å². The molecule has 1 unspecified atom stereocenters. The Kier molecular flexibility index (Phi) is 5.87. The minimum atomic E-state index is 0.229. The third-order valence-electron chi connectivity index (χ3n) is 4.86. The molecule has 0 fully saturated rings. The largest absolute Gasteiger partial charge is 0.474 e. The minimum absolute atomic E-state index is 0.229. The lowest BCUT2D eigenvalue weighted by Gasteiger charge is -2.09. The molecule has 1 aliphatic heterocycles. The molecule has 0 saturated heterocycles. The summed E-state index contributed by atoms with van der Waals surface area (Å²) < 4.78 is 8.17. The van der Waals surface area contributed by atoms with Crippen LogP contribution in [0.2, 0.25) is 0 Å². The number of benzene rings is 2. The molecule has 0 spiro atoms. The van der Waals surface area contributed by atoms with Gasteiger partial charge < -0.3 is 9.30 Å². The first kappa shape index (κ1) is 18.9. The Morgan fingerprint density at radius 3 is 2.54 bits per heavy atom. The van der Waals surface area contributed by atoms with E-state index in [1.807, 2.05) is 11.8 Å². The number of thioether (sulfide) groups is 1. The molecule has 0 bridgehead atoms. The van der Waals surface area contributed by atoms with Gasteiger partial charge in [-0.25, -0.2) is 4.99 Å². The molecule has 0 N–H and O–H groups in total. The fourth-order valence-electron chi connectivity index (χ4n) is 3.51. The van der Waals surface area contributed by atoms with Crippen LogP contribution in [0.25, 0.3) is 0 Å². The summed E-state index contributed by atoms with van der Waals surface area (Å²) in [5.41, 5.74) is 6.33. The average molecular weight is 391 g/mol. The van der Waals surface area contributed by atoms with Gasteiger partial charge in [0.25, 0.3) is 0 Å². The zero-order valence-corrected chi connectivity index (χ0v) is 17.3. The fraction of sp³-hybridized carbons (Fsp3) is 0.292. The van der Waals surface area contributed by atoms with Crippen LogP contribution in [0.1, 0.15) is 27.9 Å². The van der Waals surface area contributed by atoms with Crippen LogP contribution in [-0.4, -0.2) is 28.9 Å². The fourth-order valence-corrected chi connectivity index (χ4v) is 4.48. The second-order valence-electron chi connectivity index (χ2n) is 7.41. The maximum absolute atomic E-state index is 5.95. The van der Waals surface area contributed by atoms with E-state index in [-0.39, 0.29) is 6.04 Å². The minimum Gasteiger partial charge on any atom is -0.474 e. The van der Waals surface area contributed by atoms with Crippen molar-refractivity contribution >= 4 is 17.7 Å². The first-order valence-corrected chi connectivity index (χ1v) is 10.9. The highest BCUT2D eigenvalue weighted by Gasteiger charge is 2.22. The standard InChI is InChI=1S/C24H26N2OS/c1-18-6-3-8-20(12-18)14-26-11-5-10-23(26)24-25-22(15-27-24)17-28-16-21-9-4-7-19(2)13-21/h3-13,22H,14-17H2,1-2H3. The molecule has 0 radical (unpaired) electrons. The smallest absolute Gasteiger partial charge is 0.233 e. The van der Waals surface area contributed by atoms with E-state index in [0.29, 0.717) is 6.61 Å². The summed E-state index contributed by atoms with van der Waals surface area (Å²) in [7, 11) is 0. The Labute approximate surface area is 171 Å². The summed E-state index contributed by atoms with van der Waals surface area (Å²) in [6.45, 7) is 5.77. The van der Waals surface area contributed by atoms with Gasteiger partial charge >= 0.3 is 0 Å². The number of hydrogen-bond acceptors (Lipinski definition) is 3. The molecule has 1 aromatic heterocycles. The number of hydrogen-bond donors (Lipinski definition) is 0. The third kappa shape index (κ3) is 4.68. The summed E-state index contributed by atoms with van der Waals surface area (Å²) in [6.07, 6.45) is 2.10. The predicted molar refractivity (Wildman–Crippen MR) is 118 cm³/mol. The predicted octanol–water partition coefficient (Wildman–Crippen LogP) is 5.23. The van der Waals surface area contributed by atoms with Gasteiger partial charge in [0.05, 0.1) is 6.04 Å². The Hall–Kier alpha value is -2.46. The van der Waals surface area contributed by atoms with E-state index in [2.05, 4.69) is 85.3 Å². The third-order valence-corrected chi connectivity index (χ3v) is 6.02. The van der Waals surface area contributed by atoms with Gasteiger partial charge in [0.1, 0.15) is 12.3 Å². The molecule has 2 aromatic carbocycles. The van der Waals surface area contributed by atoms with Crippen molar-refractivity contribution in [2.45, 2.75) is 32.2 Å². The molecular formula is C24H26N2OS. The Bertz CT molecular complexity index is 976. The van der Waals surface area contributed by atoms with Crippen LogP contribution in [0.5, 0.6) is 0 Å². The summed E-state index contributed by atoms with van der Waals surface area (Å²) in [6, 6.07) is 21.7. The molecule has 3 nitrogen and oxygen atoms in total. The maximum atomic E-state index is 5.95. The highest BCUT2D eigenvalue weighted by atomic mass is 32.2. The molecule has 1 atom stereocenters. The van der Waals surface area contributed by atoms with Gasteiger partial charge in [0, 0.05) is 24.2 Å². The maximum Gasteiger partial charge on any atom is 0.233 e. The Morgan fingerprint density at radius 2 is 1.75 bits per heavy atom. The van der Waals surface area contributed by atoms with E-state index < -0.39 is 0 Å². The van der Waals surface area contributed by atoms with Gasteiger partial charge in [-0.15, -0.1) is 0 Å². The van der Waals surface area contributed by atoms with E-state index in [1.165, 1.54) is 22.3 Å². The van der Waals surface area contributed by atoms with Gasteiger partial charge in [-0.1, -0.05) is 59.7 Å². The first-order chi connectivity index (χ1) is 13.7. The second-order valence-corrected chi connectivity index (χ2v) is 8.44. The van der Waals surface area contributed by atoms with Crippen LogP contribution in [0, 0.1) is 13.8 Å². The van der Waals surface area contributed by atoms with Crippen molar-refractivity contribution in [3.8, 4) is 0 Å². The van der Waals surface area contributed by atoms with E-state index in [9.17, 15) is 0 Å². The van der Waals surface area contributed by atoms with Crippen LogP contribution < -0.4 is 0 Å². The molecule has 0 amide bonds. The van der Waals surface area contributed by atoms with Crippen molar-refractivity contribution in [3.63, 3.8) is 0 Å². The zero-order chi connectivity index (χ0) is 19.3. The lowest BCUT2D eigenvalue weighted by molar-refractivity contribution is 0.323. The summed E-state index contributed by atoms with van der Waals surface area (Å²) in [5.74, 6) is 2.78. The second kappa shape index (κ2) is 8.70. The summed E-state index contributed by atoms with van der Waals surface area (Å²) in [5, 5.41) is 0. The van der Waals surface area contributed by atoms with Crippen LogP contribution in [0.15, 0.2) is 71.9 Å². The van der Waals surface area contributed by atoms with E-state index in [4.69, 9.17) is 9.73 Å². The van der Waals surface area contributed by atoms with Crippen molar-refractivity contribution in [1.29, 1.82) is 0 Å². The lowest BCUT2D eigenvalue weighted by atomic mass is 10.1. The van der Waals surface area contributed by atoms with Crippen molar-refractivity contribution in [2.24, 2.45) is 4.99 Å². The highest BCUT2D eigenvalue weighted by molar-refractivity contribution is 7.98. The quantitative estimate of drug-likeness (QED) is 0.552. The molecule has 144 valence electrons. The molecule has 0 aliphatic carbocycles. The summed E-state index contributed by atoms with van der Waals surface area (Å²) >= 11 is 1.93. The zero-order valence-electron chi connectivity index (χ0n) is 16.5. The Morgan fingerprint density at radius 1 is 1.00 bits per heavy atom. The van der Waals surface area contributed by atoms with Crippen LogP contribution in [0.4, 0.5) is 0 Å². The van der Waals surface area contributed by atoms with Gasteiger partial charge in [-0.2, -0.15) is 11.8 Å². The van der Waals surface area contributed by atoms with Gasteiger partial charge in [-0.05, 0) is 37.1 Å². The normalized spacial score (nSPS) is 16.1. The van der Waals surface area contributed by atoms with E-state index >= 15 is 0 Å². The first-order valence-electron chi connectivity index (χ1n) is 9.72. The molecule has 4 heteroatoms. The van der Waals surface area contributed by atoms with Crippen LogP contribution >= 0.6 is 11.8 Å². The number of ether oxygens (including phenoxy) is 1. The number of nitrogens with zero attached hydrogens (tertiary/aromatic N) is 2. The molecule has 0 saturated carbocycles. The van der Waals surface area contributed by atoms with E-state index in [0.717, 1.165) is 29.6 Å². The average Bonchev–Trinajstić information content (AvgIpc) is 3.31. The summed E-state index contributed by atoms with van der Waals surface area (Å²) in [4.78, 5) is 4.85. The van der Waals surface area contributed by atoms with Crippen molar-refractivity contribution in [1.82, 2.24) is 4.57 Å². The molecule has 28 heavy (non-hydrogen) atoms. The van der Waals surface area contributed by atoms with Crippen LogP contribution in [-0.2, 0) is 17.0 Å². The van der Waals surface area contributed by atoms with E-state index in [1.54, 1.807) is 0 Å². The highest BCUT2D eigenvalue weighted by Crippen LogP contribution is 2.20. The number of aryl methyl sites for hydroxylation is 2. The molecule has 1 aliphatic rings. The molecule has 3 aromatic rings. The number of rotatable bonds is 7. The van der Waals surface area contributed by atoms with Gasteiger partial charge in [0.2, 0.25) is 5.90 Å². The van der Waals surface area contributed by atoms with Crippen molar-refractivity contribution in [2.75, 3.05) is 12.4 Å². The lowest BCUT2D eigenvalue weighted by Crippen LogP contribution is -2.11. The van der Waals surface area contributed by atoms with Crippen molar-refractivity contribution < 1.29 is 4.74 Å². The Balaban J connectivity index is 1.37. The SMILES string of the molecule is Cc1cccc(CSCC2COC(c3cccn3Cc3cccc(C)c3)=N2)c1. The van der Waals surface area contributed by atoms with Crippen molar-refractivity contribution in [3.05, 3.63) is 94.8 Å². The molecule has 4 rings (SSSR count). The van der Waals surface area contributed by atoms with Gasteiger partial charge in [-0.3, -0.25) is 0 Å². The van der Waals surface area contributed by atoms with Crippen LogP contribution in [0.3, 0.4) is 0 Å². The number of aromatic nitrogens is 1.